The molecule has 1 unspecified atom stereocenters. The number of likely N-dealkylation sites (tertiary alicyclic amines) is 1. The first-order valence-corrected chi connectivity index (χ1v) is 6.62. The number of carbonyl (C=O) groups is 1. The van der Waals surface area contributed by atoms with Crippen molar-refractivity contribution in [2.24, 2.45) is 0 Å². The molecule has 1 aromatic carbocycles. The monoisotopic (exact) mass is 331 g/mol. The third-order valence-corrected chi connectivity index (χ3v) is 3.86. The van der Waals surface area contributed by atoms with Crippen molar-refractivity contribution < 1.29 is 19.4 Å². The first-order chi connectivity index (χ1) is 8.63. The fraction of sp³-hybridized carbons (Fsp3) is 0.462. The van der Waals surface area contributed by atoms with Crippen molar-refractivity contribution >= 4 is 21.8 Å². The molecule has 2 rings (SSSR count). The molecule has 0 radical (unpaired) electrons. The van der Waals surface area contributed by atoms with Gasteiger partial charge in [-0.15, -0.1) is 0 Å². The van der Waals surface area contributed by atoms with Gasteiger partial charge in [0.15, 0.2) is 5.60 Å². The Kier molecular flexibility index (Phi) is 3.45. The Bertz CT molecular complexity index is 523. The molecule has 19 heavy (non-hydrogen) atoms. The summed E-state index contributed by atoms with van der Waals surface area (Å²) in [6, 6.07) is 3.94. The summed E-state index contributed by atoms with van der Waals surface area (Å²) < 4.78 is 13.4. The quantitative estimate of drug-likeness (QED) is 0.860. The summed E-state index contributed by atoms with van der Waals surface area (Å²) >= 11 is 3.02. The number of halogens is 2. The highest BCUT2D eigenvalue weighted by molar-refractivity contribution is 9.10. The van der Waals surface area contributed by atoms with E-state index in [0.29, 0.717) is 5.56 Å². The van der Waals surface area contributed by atoms with E-state index >= 15 is 0 Å². The molecule has 104 valence electrons. The van der Waals surface area contributed by atoms with Crippen LogP contribution in [0.5, 0.6) is 0 Å². The van der Waals surface area contributed by atoms with Crippen LogP contribution < -0.4 is 0 Å². The van der Waals surface area contributed by atoms with Gasteiger partial charge in [0.2, 0.25) is 0 Å². The van der Waals surface area contributed by atoms with Gasteiger partial charge in [0.1, 0.15) is 5.82 Å². The zero-order chi connectivity index (χ0) is 14.4. The van der Waals surface area contributed by atoms with Crippen LogP contribution in [0.3, 0.4) is 0 Å². The van der Waals surface area contributed by atoms with Crippen molar-refractivity contribution in [3.63, 3.8) is 0 Å². The number of aliphatic hydroxyl groups is 2. The number of β-amino-alcohol motifs (C(OH)–C–C–N with tert-alkyl or cyclic N) is 1. The van der Waals surface area contributed by atoms with Crippen molar-refractivity contribution in [2.45, 2.75) is 25.0 Å². The predicted octanol–water partition coefficient (Wildman–Crippen LogP) is 1.39. The number of hydrogen-bond acceptors (Lipinski definition) is 3. The molecule has 0 aliphatic carbocycles. The largest absolute Gasteiger partial charge is 0.386 e. The summed E-state index contributed by atoms with van der Waals surface area (Å²) in [5.41, 5.74) is -2.33. The zero-order valence-corrected chi connectivity index (χ0v) is 12.2. The standard InChI is InChI=1S/C13H15BrFNO3/c1-12(18)6-16(7-12)11(17)13(2,19)8-3-4-10(15)9(14)5-8/h3-5,18-19H,6-7H2,1-2H3. The van der Waals surface area contributed by atoms with E-state index in [1.807, 2.05) is 0 Å². The van der Waals surface area contributed by atoms with Crippen LogP contribution in [-0.2, 0) is 10.4 Å². The van der Waals surface area contributed by atoms with Gasteiger partial charge in [-0.05, 0) is 47.5 Å². The SMILES string of the molecule is CC1(O)CN(C(=O)C(C)(O)c2ccc(F)c(Br)c2)C1. The van der Waals surface area contributed by atoms with E-state index in [4.69, 9.17) is 0 Å². The van der Waals surface area contributed by atoms with E-state index in [9.17, 15) is 19.4 Å². The topological polar surface area (TPSA) is 60.8 Å². The number of rotatable bonds is 2. The average Bonchev–Trinajstić information content (AvgIpc) is 2.28. The predicted molar refractivity (Wildman–Crippen MR) is 70.9 cm³/mol. The third kappa shape index (κ3) is 2.66. The first-order valence-electron chi connectivity index (χ1n) is 5.83. The summed E-state index contributed by atoms with van der Waals surface area (Å²) in [7, 11) is 0. The Balaban J connectivity index is 2.22. The van der Waals surface area contributed by atoms with Crippen LogP contribution in [-0.4, -0.2) is 39.7 Å². The van der Waals surface area contributed by atoms with Gasteiger partial charge < -0.3 is 15.1 Å². The van der Waals surface area contributed by atoms with Crippen molar-refractivity contribution in [1.82, 2.24) is 4.90 Å². The van der Waals surface area contributed by atoms with Gasteiger partial charge in [-0.1, -0.05) is 6.07 Å². The van der Waals surface area contributed by atoms with Crippen molar-refractivity contribution in [3.05, 3.63) is 34.1 Å². The minimum Gasteiger partial charge on any atom is -0.386 e. The molecule has 2 N–H and O–H groups in total. The minimum atomic E-state index is -1.74. The van der Waals surface area contributed by atoms with E-state index in [1.165, 1.54) is 30.0 Å². The fourth-order valence-corrected chi connectivity index (χ4v) is 2.53. The van der Waals surface area contributed by atoms with Crippen molar-refractivity contribution in [3.8, 4) is 0 Å². The number of amides is 1. The van der Waals surface area contributed by atoms with E-state index in [2.05, 4.69) is 15.9 Å². The van der Waals surface area contributed by atoms with Gasteiger partial charge in [0.25, 0.3) is 5.91 Å². The Hall–Kier alpha value is -0.980. The Labute approximate surface area is 119 Å². The molecule has 1 amide bonds. The Morgan fingerprint density at radius 3 is 2.58 bits per heavy atom. The van der Waals surface area contributed by atoms with Crippen LogP contribution in [0.15, 0.2) is 22.7 Å². The lowest BCUT2D eigenvalue weighted by Gasteiger charge is -2.46. The molecule has 1 heterocycles. The van der Waals surface area contributed by atoms with Crippen LogP contribution >= 0.6 is 15.9 Å². The first kappa shape index (κ1) is 14.4. The van der Waals surface area contributed by atoms with Crippen LogP contribution in [0, 0.1) is 5.82 Å². The maximum absolute atomic E-state index is 13.2. The summed E-state index contributed by atoms with van der Waals surface area (Å²) in [6.07, 6.45) is 0. The Morgan fingerprint density at radius 2 is 2.11 bits per heavy atom. The van der Waals surface area contributed by atoms with E-state index in [-0.39, 0.29) is 17.6 Å². The molecule has 4 nitrogen and oxygen atoms in total. The lowest BCUT2D eigenvalue weighted by atomic mass is 9.89. The molecule has 1 fully saturated rings. The maximum atomic E-state index is 13.2. The van der Waals surface area contributed by atoms with Crippen LogP contribution in [0.1, 0.15) is 19.4 Å². The van der Waals surface area contributed by atoms with Crippen LogP contribution in [0.25, 0.3) is 0 Å². The summed E-state index contributed by atoms with van der Waals surface area (Å²) in [5.74, 6) is -0.962. The lowest BCUT2D eigenvalue weighted by Crippen LogP contribution is -2.64. The molecule has 0 bridgehead atoms. The Morgan fingerprint density at radius 1 is 1.53 bits per heavy atom. The van der Waals surface area contributed by atoms with Crippen molar-refractivity contribution in [2.75, 3.05) is 13.1 Å². The number of hydrogen-bond donors (Lipinski definition) is 2. The normalized spacial score (nSPS) is 20.6. The van der Waals surface area contributed by atoms with Crippen LogP contribution in [0.4, 0.5) is 4.39 Å². The van der Waals surface area contributed by atoms with Gasteiger partial charge in [-0.25, -0.2) is 4.39 Å². The van der Waals surface area contributed by atoms with Gasteiger partial charge in [-0.2, -0.15) is 0 Å². The molecule has 1 aliphatic rings. The van der Waals surface area contributed by atoms with E-state index < -0.39 is 22.9 Å². The molecular formula is C13H15BrFNO3. The molecule has 1 aliphatic heterocycles. The average molecular weight is 332 g/mol. The van der Waals surface area contributed by atoms with Gasteiger partial charge in [0, 0.05) is 0 Å². The van der Waals surface area contributed by atoms with E-state index in [0.717, 1.165) is 0 Å². The molecular weight excluding hydrogens is 317 g/mol. The molecule has 0 spiro atoms. The molecule has 1 aromatic rings. The zero-order valence-electron chi connectivity index (χ0n) is 10.7. The smallest absolute Gasteiger partial charge is 0.259 e. The number of nitrogens with zero attached hydrogens (tertiary/aromatic N) is 1. The summed E-state index contributed by atoms with van der Waals surface area (Å²) in [6.45, 7) is 3.36. The highest BCUT2D eigenvalue weighted by atomic mass is 79.9. The molecule has 1 atom stereocenters. The third-order valence-electron chi connectivity index (χ3n) is 3.25. The maximum Gasteiger partial charge on any atom is 0.259 e. The minimum absolute atomic E-state index is 0.185. The van der Waals surface area contributed by atoms with Gasteiger partial charge >= 0.3 is 0 Å². The fourth-order valence-electron chi connectivity index (χ4n) is 2.15. The van der Waals surface area contributed by atoms with Gasteiger partial charge in [0.05, 0.1) is 23.2 Å². The number of carbonyl (C=O) groups excluding carboxylic acids is 1. The molecule has 0 saturated carbocycles. The summed E-state index contributed by atoms with van der Waals surface area (Å²) in [4.78, 5) is 13.6. The molecule has 6 heteroatoms. The second-order valence-corrected chi connectivity index (χ2v) is 6.21. The highest BCUT2D eigenvalue weighted by Crippen LogP contribution is 2.30. The second kappa shape index (κ2) is 4.54. The second-order valence-electron chi connectivity index (χ2n) is 5.36. The summed E-state index contributed by atoms with van der Waals surface area (Å²) in [5, 5.41) is 20.0. The molecule has 1 saturated heterocycles. The van der Waals surface area contributed by atoms with E-state index in [1.54, 1.807) is 6.92 Å². The van der Waals surface area contributed by atoms with Gasteiger partial charge in [-0.3, -0.25) is 4.79 Å². The number of benzene rings is 1. The molecule has 0 aromatic heterocycles. The lowest BCUT2D eigenvalue weighted by molar-refractivity contribution is -0.170. The highest BCUT2D eigenvalue weighted by Gasteiger charge is 2.46. The van der Waals surface area contributed by atoms with Crippen molar-refractivity contribution in [1.29, 1.82) is 0 Å². The van der Waals surface area contributed by atoms with Crippen LogP contribution in [0.2, 0.25) is 0 Å².